The third-order valence-corrected chi connectivity index (χ3v) is 11.7. The van der Waals surface area contributed by atoms with Crippen LogP contribution in [0, 0.1) is 17.8 Å². The average molecular weight is 771 g/mol. The molecule has 0 aliphatic carbocycles. The number of aryl methyl sites for hydroxylation is 1. The van der Waals surface area contributed by atoms with Gasteiger partial charge in [-0.25, -0.2) is 4.98 Å². The summed E-state index contributed by atoms with van der Waals surface area (Å²) in [4.78, 5) is 61.4. The Morgan fingerprint density at radius 1 is 1.09 bits per heavy atom. The summed E-state index contributed by atoms with van der Waals surface area (Å²) < 4.78 is 6.14. The Labute approximate surface area is 327 Å². The number of rotatable bonds is 23. The summed E-state index contributed by atoms with van der Waals surface area (Å²) in [7, 11) is 1.98. The van der Waals surface area contributed by atoms with Crippen LogP contribution in [0.25, 0.3) is 0 Å². The van der Waals surface area contributed by atoms with Crippen LogP contribution in [0.2, 0.25) is 0 Å². The fourth-order valence-corrected chi connectivity index (χ4v) is 7.78. The summed E-state index contributed by atoms with van der Waals surface area (Å²) in [6, 6.07) is 3.95. The molecule has 5 N–H and O–H groups in total. The molecule has 0 saturated carbocycles. The monoisotopic (exact) mass is 770 g/mol. The van der Waals surface area contributed by atoms with Crippen LogP contribution >= 0.6 is 11.3 Å². The first-order valence-electron chi connectivity index (χ1n) is 20.0. The molecule has 1 aliphatic rings. The Hall–Kier alpha value is -3.55. The third kappa shape index (κ3) is 13.6. The molecule has 54 heavy (non-hydrogen) atoms. The van der Waals surface area contributed by atoms with Crippen LogP contribution in [0.5, 0.6) is 5.75 Å². The molecule has 3 rings (SSSR count). The molecule has 1 aliphatic heterocycles. The molecule has 13 heteroatoms. The molecule has 0 radical (unpaired) electrons. The van der Waals surface area contributed by atoms with E-state index in [2.05, 4.69) is 41.3 Å². The van der Waals surface area contributed by atoms with Gasteiger partial charge in [-0.1, -0.05) is 73.3 Å². The van der Waals surface area contributed by atoms with Crippen molar-refractivity contribution in [2.24, 2.45) is 23.5 Å². The largest absolute Gasteiger partial charge is 0.508 e. The lowest BCUT2D eigenvalue weighted by Crippen LogP contribution is -2.59. The smallest absolute Gasteiger partial charge is 0.270 e. The van der Waals surface area contributed by atoms with E-state index in [1.165, 1.54) is 11.3 Å². The summed E-state index contributed by atoms with van der Waals surface area (Å²) in [6.07, 6.45) is 8.74. The second kappa shape index (κ2) is 22.7. The SMILES string of the molecule is CCCCCOCN(C(=O)[C@@H](NC(=O)[C@H]1CCCCN1C)C(C)CC)[C@H](CCc1nc(C(=O)NCCc2ccc(O)cc2C[C@@H](C)C(N)=O)cs1)C(C)C. The lowest BCUT2D eigenvalue weighted by Gasteiger charge is -2.39. The van der Waals surface area contributed by atoms with Crippen LogP contribution in [0.1, 0.15) is 120 Å². The molecule has 0 bridgehead atoms. The van der Waals surface area contributed by atoms with Crippen LogP contribution < -0.4 is 16.4 Å². The number of carbonyl (C=O) groups excluding carboxylic acids is 4. The van der Waals surface area contributed by atoms with E-state index in [0.717, 1.165) is 67.6 Å². The molecular weight excluding hydrogens is 705 g/mol. The number of piperidine rings is 1. The number of benzene rings is 1. The zero-order valence-corrected chi connectivity index (χ0v) is 34.5. The Kier molecular flexibility index (Phi) is 18.9. The van der Waals surface area contributed by atoms with Crippen molar-refractivity contribution in [2.45, 2.75) is 130 Å². The van der Waals surface area contributed by atoms with Gasteiger partial charge in [0.15, 0.2) is 0 Å². The zero-order valence-electron chi connectivity index (χ0n) is 33.7. The number of thiazole rings is 1. The molecule has 1 aromatic carbocycles. The molecule has 2 aromatic rings. The van der Waals surface area contributed by atoms with Crippen LogP contribution in [0.3, 0.4) is 0 Å². The fourth-order valence-electron chi connectivity index (χ4n) is 6.99. The van der Waals surface area contributed by atoms with Crippen LogP contribution in [0.4, 0.5) is 0 Å². The number of aromatic nitrogens is 1. The number of amides is 4. The number of carbonyl (C=O) groups is 4. The Balaban J connectivity index is 1.70. The minimum atomic E-state index is -0.669. The number of nitrogens with two attached hydrogens (primary N) is 1. The van der Waals surface area contributed by atoms with Gasteiger partial charge in [0.05, 0.1) is 11.0 Å². The van der Waals surface area contributed by atoms with Gasteiger partial charge in [0, 0.05) is 36.9 Å². The van der Waals surface area contributed by atoms with Crippen molar-refractivity contribution < 1.29 is 29.0 Å². The van der Waals surface area contributed by atoms with Gasteiger partial charge >= 0.3 is 0 Å². The second-order valence-electron chi connectivity index (χ2n) is 15.4. The molecule has 2 heterocycles. The Morgan fingerprint density at radius 2 is 1.85 bits per heavy atom. The number of nitrogens with zero attached hydrogens (tertiary/aromatic N) is 3. The molecule has 12 nitrogen and oxygen atoms in total. The Bertz CT molecular complexity index is 1500. The molecule has 1 unspecified atom stereocenters. The number of phenols is 1. The molecule has 1 saturated heterocycles. The first-order chi connectivity index (χ1) is 25.8. The van der Waals surface area contributed by atoms with Crippen LogP contribution in [0.15, 0.2) is 23.6 Å². The highest BCUT2D eigenvalue weighted by molar-refractivity contribution is 7.09. The number of nitrogens with one attached hydrogen (secondary N) is 2. The summed E-state index contributed by atoms with van der Waals surface area (Å²) in [6.45, 7) is 14.1. The van der Waals surface area contributed by atoms with Gasteiger partial charge < -0.3 is 31.1 Å². The average Bonchev–Trinajstić information content (AvgIpc) is 3.62. The maximum absolute atomic E-state index is 14.6. The van der Waals surface area contributed by atoms with Gasteiger partial charge in [-0.3, -0.25) is 24.1 Å². The van der Waals surface area contributed by atoms with Gasteiger partial charge in [0.1, 0.15) is 24.2 Å². The number of likely N-dealkylation sites (tertiary alicyclic amines) is 1. The van der Waals surface area contributed by atoms with E-state index >= 15 is 0 Å². The molecule has 1 fully saturated rings. The van der Waals surface area contributed by atoms with E-state index in [-0.39, 0.29) is 60.0 Å². The standard InChI is InChI=1S/C41H66N6O6S/c1-8-10-13-22-53-26-47(41(52)37(28(5)9-2)45-40(51)35-14-11-12-21-46(35)7)34(27(3)4)17-18-36-44-33(25-54-36)39(50)43-20-19-30-15-16-32(48)24-31(30)23-29(6)38(42)49/h15-16,24-25,27-29,34-35,37,48H,8-14,17-23,26H2,1-7H3,(H2,42,49)(H,43,50)(H,45,51)/t28?,29-,34-,35-,37+/m1/s1. The first-order valence-corrected chi connectivity index (χ1v) is 20.9. The van der Waals surface area contributed by atoms with Gasteiger partial charge in [-0.15, -0.1) is 11.3 Å². The van der Waals surface area contributed by atoms with Crippen molar-refractivity contribution in [3.63, 3.8) is 0 Å². The number of likely N-dealkylation sites (N-methyl/N-ethyl adjacent to an activating group) is 1. The molecule has 1 aromatic heterocycles. The predicted molar refractivity (Wildman–Crippen MR) is 214 cm³/mol. The van der Waals surface area contributed by atoms with E-state index in [1.54, 1.807) is 30.5 Å². The zero-order chi connectivity index (χ0) is 39.8. The van der Waals surface area contributed by atoms with E-state index in [9.17, 15) is 24.3 Å². The van der Waals surface area contributed by atoms with E-state index in [0.29, 0.717) is 44.5 Å². The first kappa shape index (κ1) is 44.8. The molecular formula is C41H66N6O6S. The number of aromatic hydroxyl groups is 1. The van der Waals surface area contributed by atoms with Gasteiger partial charge in [-0.2, -0.15) is 0 Å². The molecule has 0 spiro atoms. The number of hydrogen-bond donors (Lipinski definition) is 4. The van der Waals surface area contributed by atoms with Crippen molar-refractivity contribution in [1.29, 1.82) is 0 Å². The summed E-state index contributed by atoms with van der Waals surface area (Å²) in [5.74, 6) is -1.13. The van der Waals surface area contributed by atoms with E-state index < -0.39 is 11.9 Å². The molecule has 4 amide bonds. The van der Waals surface area contributed by atoms with Crippen molar-refractivity contribution in [3.8, 4) is 5.75 Å². The van der Waals surface area contributed by atoms with Crippen molar-refractivity contribution in [1.82, 2.24) is 25.4 Å². The fraction of sp³-hybridized carbons (Fsp3) is 0.683. The van der Waals surface area contributed by atoms with Gasteiger partial charge in [0.2, 0.25) is 17.7 Å². The topological polar surface area (TPSA) is 167 Å². The lowest BCUT2D eigenvalue weighted by atomic mass is 9.93. The summed E-state index contributed by atoms with van der Waals surface area (Å²) in [5, 5.41) is 18.7. The maximum Gasteiger partial charge on any atom is 0.270 e. The third-order valence-electron chi connectivity index (χ3n) is 10.7. The Morgan fingerprint density at radius 3 is 2.52 bits per heavy atom. The van der Waals surface area contributed by atoms with Crippen LogP contribution in [-0.2, 0) is 38.4 Å². The number of phenolic OH excluding ortho intramolecular Hbond substituents is 1. The second-order valence-corrected chi connectivity index (χ2v) is 16.3. The maximum atomic E-state index is 14.6. The lowest BCUT2D eigenvalue weighted by molar-refractivity contribution is -0.148. The number of unbranched alkanes of at least 4 members (excludes halogenated alkanes) is 2. The number of hydrogen-bond acceptors (Lipinski definition) is 9. The highest BCUT2D eigenvalue weighted by Gasteiger charge is 2.37. The quantitative estimate of drug-likeness (QED) is 0.0856. The minimum absolute atomic E-state index is 0.0647. The highest BCUT2D eigenvalue weighted by Crippen LogP contribution is 2.24. The van der Waals surface area contributed by atoms with Gasteiger partial charge in [-0.05, 0) is 87.2 Å². The normalized spacial score (nSPS) is 17.1. The van der Waals surface area contributed by atoms with Crippen molar-refractivity contribution in [2.75, 3.05) is 33.5 Å². The number of ether oxygens (including phenoxy) is 1. The van der Waals surface area contributed by atoms with E-state index in [1.807, 2.05) is 25.8 Å². The highest BCUT2D eigenvalue weighted by atomic mass is 32.1. The van der Waals surface area contributed by atoms with Crippen molar-refractivity contribution in [3.05, 3.63) is 45.4 Å². The number of primary amides is 1. The predicted octanol–water partition coefficient (Wildman–Crippen LogP) is 5.45. The van der Waals surface area contributed by atoms with Crippen LogP contribution in [-0.4, -0.2) is 95.1 Å². The minimum Gasteiger partial charge on any atom is -0.508 e. The van der Waals surface area contributed by atoms with E-state index in [4.69, 9.17) is 10.5 Å². The van der Waals surface area contributed by atoms with Gasteiger partial charge in [0.25, 0.3) is 5.91 Å². The van der Waals surface area contributed by atoms with Crippen molar-refractivity contribution >= 4 is 35.0 Å². The molecule has 302 valence electrons. The molecule has 5 atom stereocenters. The summed E-state index contributed by atoms with van der Waals surface area (Å²) >= 11 is 1.42. The summed E-state index contributed by atoms with van der Waals surface area (Å²) in [5.41, 5.74) is 7.54.